The fourth-order valence-electron chi connectivity index (χ4n) is 1.58. The van der Waals surface area contributed by atoms with Gasteiger partial charge in [0, 0.05) is 12.7 Å². The van der Waals surface area contributed by atoms with Gasteiger partial charge in [0.2, 0.25) is 0 Å². The summed E-state index contributed by atoms with van der Waals surface area (Å²) in [5.41, 5.74) is 5.95. The van der Waals surface area contributed by atoms with E-state index in [4.69, 9.17) is 5.73 Å². The molecule has 6 nitrogen and oxygen atoms in total. The fraction of sp³-hybridized carbons (Fsp3) is 0.100. The lowest BCUT2D eigenvalue weighted by Crippen LogP contribution is -2.24. The minimum Gasteiger partial charge on any atom is -0.351 e. The number of benzene rings is 1. The van der Waals surface area contributed by atoms with Gasteiger partial charge in [-0.1, -0.05) is 0 Å². The van der Waals surface area contributed by atoms with Crippen LogP contribution in [0.2, 0.25) is 0 Å². The molecule has 0 saturated heterocycles. The monoisotopic (exact) mass is 219 g/mol. The predicted molar refractivity (Wildman–Crippen MR) is 56.1 cm³/mol. The summed E-state index contributed by atoms with van der Waals surface area (Å²) in [6, 6.07) is 3.73. The van der Waals surface area contributed by atoms with Gasteiger partial charge in [0.25, 0.3) is 11.8 Å². The Morgan fingerprint density at radius 1 is 1.25 bits per heavy atom. The first kappa shape index (κ1) is 10.2. The average Bonchev–Trinajstić information content (AvgIpc) is 2.43. The summed E-state index contributed by atoms with van der Waals surface area (Å²) >= 11 is 0. The van der Waals surface area contributed by atoms with Crippen molar-refractivity contribution in [2.75, 3.05) is 12.4 Å². The molecule has 1 aliphatic rings. The summed E-state index contributed by atoms with van der Waals surface area (Å²) in [7, 11) is 1.41. The van der Waals surface area contributed by atoms with Crippen molar-refractivity contribution in [2.24, 2.45) is 5.73 Å². The molecule has 0 saturated carbocycles. The molecular formula is C10H9N3O3. The maximum atomic E-state index is 11.6. The lowest BCUT2D eigenvalue weighted by Gasteiger charge is -2.03. The number of primary amides is 1. The summed E-state index contributed by atoms with van der Waals surface area (Å²) in [5.74, 6) is -0.723. The molecule has 0 radical (unpaired) electrons. The maximum absolute atomic E-state index is 11.6. The quantitative estimate of drug-likeness (QED) is 0.669. The number of carbonyl (C=O) groups is 3. The van der Waals surface area contributed by atoms with E-state index < -0.39 is 6.03 Å². The molecule has 1 aliphatic heterocycles. The Hall–Kier alpha value is -2.37. The average molecular weight is 219 g/mol. The second-order valence-corrected chi connectivity index (χ2v) is 3.42. The largest absolute Gasteiger partial charge is 0.351 e. The number of nitrogens with two attached hydrogens (primary N) is 1. The fourth-order valence-corrected chi connectivity index (χ4v) is 1.58. The summed E-state index contributed by atoms with van der Waals surface area (Å²) in [4.78, 5) is 34.8. The van der Waals surface area contributed by atoms with Crippen LogP contribution >= 0.6 is 0 Å². The third-order valence-electron chi connectivity index (χ3n) is 2.36. The first-order chi connectivity index (χ1) is 7.50. The third kappa shape index (κ3) is 1.40. The highest BCUT2D eigenvalue weighted by Crippen LogP contribution is 2.24. The van der Waals surface area contributed by atoms with E-state index in [-0.39, 0.29) is 17.4 Å². The molecule has 0 spiro atoms. The van der Waals surface area contributed by atoms with Gasteiger partial charge in [-0.15, -0.1) is 0 Å². The molecule has 2 rings (SSSR count). The van der Waals surface area contributed by atoms with E-state index in [0.717, 1.165) is 4.90 Å². The number of rotatable bonds is 1. The minimum atomic E-state index is -0.718. The Bertz CT molecular complexity index is 510. The Kier molecular flexibility index (Phi) is 2.12. The van der Waals surface area contributed by atoms with Crippen LogP contribution < -0.4 is 11.1 Å². The van der Waals surface area contributed by atoms with Gasteiger partial charge in [-0.05, 0) is 18.2 Å². The van der Waals surface area contributed by atoms with Crippen LogP contribution in [0.1, 0.15) is 20.7 Å². The Morgan fingerprint density at radius 2 is 1.88 bits per heavy atom. The van der Waals surface area contributed by atoms with Crippen LogP contribution in [0.5, 0.6) is 0 Å². The van der Waals surface area contributed by atoms with E-state index in [1.807, 2.05) is 0 Å². The molecule has 0 unspecified atom stereocenters. The second-order valence-electron chi connectivity index (χ2n) is 3.42. The molecule has 1 aromatic rings. The first-order valence-electron chi connectivity index (χ1n) is 4.53. The van der Waals surface area contributed by atoms with Crippen LogP contribution in [0, 0.1) is 0 Å². The van der Waals surface area contributed by atoms with Crippen molar-refractivity contribution in [1.29, 1.82) is 0 Å². The zero-order chi connectivity index (χ0) is 11.9. The smallest absolute Gasteiger partial charge is 0.316 e. The molecule has 1 aromatic carbocycles. The van der Waals surface area contributed by atoms with Crippen molar-refractivity contribution in [1.82, 2.24) is 4.90 Å². The topological polar surface area (TPSA) is 92.5 Å². The third-order valence-corrected chi connectivity index (χ3v) is 2.36. The molecule has 0 atom stereocenters. The van der Waals surface area contributed by atoms with Gasteiger partial charge < -0.3 is 11.1 Å². The predicted octanol–water partition coefficient (Wildman–Crippen LogP) is 0.403. The Labute approximate surface area is 91.0 Å². The number of hydrogen-bond donors (Lipinski definition) is 2. The number of hydrogen-bond acceptors (Lipinski definition) is 3. The van der Waals surface area contributed by atoms with Gasteiger partial charge >= 0.3 is 6.03 Å². The van der Waals surface area contributed by atoms with Crippen molar-refractivity contribution >= 4 is 23.5 Å². The van der Waals surface area contributed by atoms with E-state index in [0.29, 0.717) is 11.3 Å². The minimum absolute atomic E-state index is 0.277. The van der Waals surface area contributed by atoms with E-state index in [2.05, 4.69) is 5.32 Å². The van der Waals surface area contributed by atoms with Crippen molar-refractivity contribution < 1.29 is 14.4 Å². The number of imide groups is 1. The van der Waals surface area contributed by atoms with E-state index in [1.165, 1.54) is 25.2 Å². The zero-order valence-corrected chi connectivity index (χ0v) is 8.48. The number of amides is 4. The van der Waals surface area contributed by atoms with Crippen LogP contribution in [0.25, 0.3) is 0 Å². The molecule has 6 heteroatoms. The van der Waals surface area contributed by atoms with Gasteiger partial charge in [0.05, 0.1) is 11.1 Å². The van der Waals surface area contributed by atoms with Crippen molar-refractivity contribution in [3.05, 3.63) is 29.3 Å². The second kappa shape index (κ2) is 3.34. The van der Waals surface area contributed by atoms with Crippen LogP contribution in [0.15, 0.2) is 18.2 Å². The number of nitrogens with zero attached hydrogens (tertiary/aromatic N) is 1. The number of urea groups is 1. The molecule has 0 aromatic heterocycles. The van der Waals surface area contributed by atoms with Gasteiger partial charge in [-0.2, -0.15) is 0 Å². The zero-order valence-electron chi connectivity index (χ0n) is 8.48. The molecule has 0 bridgehead atoms. The number of nitrogens with one attached hydrogen (secondary N) is 1. The number of anilines is 1. The van der Waals surface area contributed by atoms with Crippen LogP contribution in [0.3, 0.4) is 0 Å². The lowest BCUT2D eigenvalue weighted by atomic mass is 10.1. The summed E-state index contributed by atoms with van der Waals surface area (Å²) in [6.07, 6.45) is 0. The SMILES string of the molecule is CN1C(=O)c2ccc(NC(N)=O)cc2C1=O. The van der Waals surface area contributed by atoms with Crippen molar-refractivity contribution in [3.63, 3.8) is 0 Å². The molecule has 4 amide bonds. The van der Waals surface area contributed by atoms with Gasteiger partial charge in [0.15, 0.2) is 0 Å². The molecule has 3 N–H and O–H groups in total. The van der Waals surface area contributed by atoms with Crippen LogP contribution in [0.4, 0.5) is 10.5 Å². The molecular weight excluding hydrogens is 210 g/mol. The van der Waals surface area contributed by atoms with Crippen LogP contribution in [-0.2, 0) is 0 Å². The molecule has 0 aliphatic carbocycles. The normalized spacial score (nSPS) is 13.9. The summed E-state index contributed by atoms with van der Waals surface area (Å²) in [6.45, 7) is 0. The van der Waals surface area contributed by atoms with Crippen molar-refractivity contribution in [3.8, 4) is 0 Å². The van der Waals surface area contributed by atoms with Crippen molar-refractivity contribution in [2.45, 2.75) is 0 Å². The molecule has 16 heavy (non-hydrogen) atoms. The highest BCUT2D eigenvalue weighted by atomic mass is 16.2. The van der Waals surface area contributed by atoms with Gasteiger partial charge in [0.1, 0.15) is 0 Å². The van der Waals surface area contributed by atoms with E-state index >= 15 is 0 Å². The summed E-state index contributed by atoms with van der Waals surface area (Å²) < 4.78 is 0. The molecule has 0 fully saturated rings. The standard InChI is InChI=1S/C10H9N3O3/c1-13-8(14)6-3-2-5(12-10(11)16)4-7(6)9(13)15/h2-4H,1H3,(H3,11,12,16). The highest BCUT2D eigenvalue weighted by molar-refractivity contribution is 6.21. The maximum Gasteiger partial charge on any atom is 0.316 e. The van der Waals surface area contributed by atoms with E-state index in [1.54, 1.807) is 0 Å². The van der Waals surface area contributed by atoms with Crippen LogP contribution in [-0.4, -0.2) is 29.8 Å². The number of fused-ring (bicyclic) bond motifs is 1. The first-order valence-corrected chi connectivity index (χ1v) is 4.53. The molecule has 1 heterocycles. The molecule has 82 valence electrons. The highest BCUT2D eigenvalue weighted by Gasteiger charge is 2.32. The number of carbonyl (C=O) groups excluding carboxylic acids is 3. The lowest BCUT2D eigenvalue weighted by molar-refractivity contribution is 0.0693. The Balaban J connectivity index is 2.45. The van der Waals surface area contributed by atoms with Gasteiger partial charge in [-0.25, -0.2) is 4.79 Å². The van der Waals surface area contributed by atoms with E-state index in [9.17, 15) is 14.4 Å². The Morgan fingerprint density at radius 3 is 2.50 bits per heavy atom. The van der Waals surface area contributed by atoms with Gasteiger partial charge in [-0.3, -0.25) is 14.5 Å². The summed E-state index contributed by atoms with van der Waals surface area (Å²) in [5, 5.41) is 2.34.